The molecule has 0 bridgehead atoms. The summed E-state index contributed by atoms with van der Waals surface area (Å²) in [5.74, 6) is -1.03. The van der Waals surface area contributed by atoms with Gasteiger partial charge in [-0.05, 0) is 50.1 Å². The summed E-state index contributed by atoms with van der Waals surface area (Å²) in [5.41, 5.74) is 2.21. The summed E-state index contributed by atoms with van der Waals surface area (Å²) in [4.78, 5) is 50.2. The van der Waals surface area contributed by atoms with Gasteiger partial charge in [0.1, 0.15) is 6.04 Å². The molecule has 32 heavy (non-hydrogen) atoms. The van der Waals surface area contributed by atoms with Crippen LogP contribution in [0.2, 0.25) is 0 Å². The summed E-state index contributed by atoms with van der Waals surface area (Å²) in [6.45, 7) is 5.62. The average molecular weight is 458 g/mol. The highest BCUT2D eigenvalue weighted by Crippen LogP contribution is 2.27. The summed E-state index contributed by atoms with van der Waals surface area (Å²) in [7, 11) is 0. The molecule has 10 heteroatoms. The number of nitro groups is 1. The normalized spacial score (nSPS) is 15.3. The number of non-ortho nitro benzene ring substituents is 1. The third-order valence-corrected chi connectivity index (χ3v) is 6.12. The highest BCUT2D eigenvalue weighted by Gasteiger charge is 2.36. The van der Waals surface area contributed by atoms with Crippen LogP contribution in [0.25, 0.3) is 0 Å². The Balaban J connectivity index is 1.85. The zero-order chi connectivity index (χ0) is 23.4. The lowest BCUT2D eigenvalue weighted by atomic mass is 10.1. The van der Waals surface area contributed by atoms with Crippen molar-refractivity contribution in [1.82, 2.24) is 4.90 Å². The molecule has 9 nitrogen and oxygen atoms in total. The molecule has 1 N–H and O–H groups in total. The third kappa shape index (κ3) is 5.08. The molecule has 1 unspecified atom stereocenters. The molecule has 0 spiro atoms. The third-order valence-electron chi connectivity index (χ3n) is 5.11. The van der Waals surface area contributed by atoms with Gasteiger partial charge >= 0.3 is 5.97 Å². The Morgan fingerprint density at radius 2 is 1.88 bits per heavy atom. The molecule has 3 rings (SSSR count). The Kier molecular flexibility index (Phi) is 7.14. The number of hydrogen-bond acceptors (Lipinski definition) is 7. The maximum Gasteiger partial charge on any atom is 0.338 e. The van der Waals surface area contributed by atoms with Gasteiger partial charge in [0.05, 0.1) is 23.0 Å². The van der Waals surface area contributed by atoms with Crippen molar-refractivity contribution < 1.29 is 24.0 Å². The molecule has 0 aromatic heterocycles. The number of amides is 2. The first-order chi connectivity index (χ1) is 15.2. The number of nitrogens with zero attached hydrogens (tertiary/aromatic N) is 2. The first-order valence-corrected chi connectivity index (χ1v) is 11.1. The fourth-order valence-corrected chi connectivity index (χ4v) is 4.40. The van der Waals surface area contributed by atoms with Gasteiger partial charge in [-0.3, -0.25) is 19.7 Å². The minimum atomic E-state index is -0.759. The summed E-state index contributed by atoms with van der Waals surface area (Å²) in [6, 6.07) is 8.23. The van der Waals surface area contributed by atoms with Crippen molar-refractivity contribution in [2.45, 2.75) is 26.8 Å². The Morgan fingerprint density at radius 3 is 2.53 bits per heavy atom. The standard InChI is InChI=1S/C22H23N3O6S/c1-4-31-22(28)16-8-15(9-18(10-16)25(29)30)21(27)24-12-32-11-19(24)20(26)23-17-6-5-13(2)14(3)7-17/h5-10,19H,4,11-12H2,1-3H3,(H,23,26). The second-order valence-corrected chi connectivity index (χ2v) is 8.32. The van der Waals surface area contributed by atoms with Gasteiger partial charge in [-0.25, -0.2) is 4.79 Å². The Labute approximate surface area is 189 Å². The van der Waals surface area contributed by atoms with Crippen molar-refractivity contribution in [3.05, 3.63) is 68.8 Å². The van der Waals surface area contributed by atoms with Crippen LogP contribution in [-0.2, 0) is 9.53 Å². The molecule has 168 valence electrons. The minimum absolute atomic E-state index is 0.0475. The molecular weight excluding hydrogens is 434 g/mol. The lowest BCUT2D eigenvalue weighted by Gasteiger charge is -2.23. The molecule has 2 aromatic rings. The molecule has 2 aromatic carbocycles. The fraction of sp³-hybridized carbons (Fsp3) is 0.318. The van der Waals surface area contributed by atoms with E-state index in [2.05, 4.69) is 5.32 Å². The van der Waals surface area contributed by atoms with E-state index in [4.69, 9.17) is 4.74 Å². The molecule has 0 radical (unpaired) electrons. The quantitative estimate of drug-likeness (QED) is 0.400. The number of nitro benzene ring substituents is 1. The molecule has 1 aliphatic rings. The maximum atomic E-state index is 13.2. The number of carbonyl (C=O) groups is 3. The molecule has 1 aliphatic heterocycles. The van der Waals surface area contributed by atoms with E-state index in [-0.39, 0.29) is 29.5 Å². The van der Waals surface area contributed by atoms with Gasteiger partial charge in [-0.2, -0.15) is 0 Å². The van der Waals surface area contributed by atoms with Crippen molar-refractivity contribution in [2.75, 3.05) is 23.6 Å². The number of rotatable bonds is 6. The number of thioether (sulfide) groups is 1. The van der Waals surface area contributed by atoms with E-state index in [1.165, 1.54) is 22.7 Å². The number of aryl methyl sites for hydroxylation is 2. The van der Waals surface area contributed by atoms with Crippen molar-refractivity contribution in [2.24, 2.45) is 0 Å². The van der Waals surface area contributed by atoms with Gasteiger partial charge in [0, 0.05) is 29.1 Å². The van der Waals surface area contributed by atoms with Crippen LogP contribution in [0.3, 0.4) is 0 Å². The number of anilines is 1. The van der Waals surface area contributed by atoms with Gasteiger partial charge in [-0.1, -0.05) is 6.07 Å². The Morgan fingerprint density at radius 1 is 1.16 bits per heavy atom. The monoisotopic (exact) mass is 457 g/mol. The fourth-order valence-electron chi connectivity index (χ4n) is 3.24. The van der Waals surface area contributed by atoms with Crippen LogP contribution >= 0.6 is 11.8 Å². The summed E-state index contributed by atoms with van der Waals surface area (Å²) in [5, 5.41) is 14.2. The second kappa shape index (κ2) is 9.82. The average Bonchev–Trinajstić information content (AvgIpc) is 3.25. The molecule has 1 heterocycles. The number of ether oxygens (including phenoxy) is 1. The van der Waals surface area contributed by atoms with E-state index < -0.39 is 28.5 Å². The van der Waals surface area contributed by atoms with Crippen LogP contribution in [0.4, 0.5) is 11.4 Å². The Hall–Kier alpha value is -3.40. The summed E-state index contributed by atoms with van der Waals surface area (Å²) in [6.07, 6.45) is 0. The number of hydrogen-bond donors (Lipinski definition) is 1. The van der Waals surface area contributed by atoms with E-state index in [1.54, 1.807) is 13.0 Å². The van der Waals surface area contributed by atoms with Crippen molar-refractivity contribution in [1.29, 1.82) is 0 Å². The van der Waals surface area contributed by atoms with Crippen molar-refractivity contribution >= 4 is 40.9 Å². The van der Waals surface area contributed by atoms with Crippen LogP contribution in [0.5, 0.6) is 0 Å². The van der Waals surface area contributed by atoms with Gasteiger partial charge in [0.25, 0.3) is 11.6 Å². The predicted molar refractivity (Wildman–Crippen MR) is 121 cm³/mol. The first kappa shape index (κ1) is 23.3. The lowest BCUT2D eigenvalue weighted by molar-refractivity contribution is -0.384. The second-order valence-electron chi connectivity index (χ2n) is 7.33. The zero-order valence-electron chi connectivity index (χ0n) is 17.9. The highest BCUT2D eigenvalue weighted by molar-refractivity contribution is 7.99. The molecule has 0 aliphatic carbocycles. The molecule has 1 fully saturated rings. The Bertz CT molecular complexity index is 1090. The molecule has 1 atom stereocenters. The maximum absolute atomic E-state index is 13.2. The van der Waals surface area contributed by atoms with Crippen LogP contribution in [0, 0.1) is 24.0 Å². The topological polar surface area (TPSA) is 119 Å². The molecule has 0 saturated carbocycles. The number of esters is 1. The smallest absolute Gasteiger partial charge is 0.338 e. The van der Waals surface area contributed by atoms with E-state index in [9.17, 15) is 24.5 Å². The number of benzene rings is 2. The summed E-state index contributed by atoms with van der Waals surface area (Å²) >= 11 is 1.41. The zero-order valence-corrected chi connectivity index (χ0v) is 18.7. The SMILES string of the molecule is CCOC(=O)c1cc(C(=O)N2CSCC2C(=O)Nc2ccc(C)c(C)c2)cc([N+](=O)[O-])c1. The van der Waals surface area contributed by atoms with Crippen molar-refractivity contribution in [3.63, 3.8) is 0 Å². The van der Waals surface area contributed by atoms with Gasteiger partial charge < -0.3 is 15.0 Å². The van der Waals surface area contributed by atoms with E-state index in [1.807, 2.05) is 26.0 Å². The van der Waals surface area contributed by atoms with E-state index in [0.29, 0.717) is 11.4 Å². The van der Waals surface area contributed by atoms with Crippen LogP contribution in [-0.4, -0.2) is 51.9 Å². The van der Waals surface area contributed by atoms with E-state index in [0.717, 1.165) is 23.3 Å². The molecule has 1 saturated heterocycles. The predicted octanol–water partition coefficient (Wildman–Crippen LogP) is 3.54. The van der Waals surface area contributed by atoms with Gasteiger partial charge in [-0.15, -0.1) is 11.8 Å². The van der Waals surface area contributed by atoms with Crippen LogP contribution < -0.4 is 5.32 Å². The molecule has 2 amide bonds. The minimum Gasteiger partial charge on any atom is -0.462 e. The van der Waals surface area contributed by atoms with Gasteiger partial charge in [0.15, 0.2) is 0 Å². The van der Waals surface area contributed by atoms with Crippen LogP contribution in [0.1, 0.15) is 38.8 Å². The largest absolute Gasteiger partial charge is 0.462 e. The highest BCUT2D eigenvalue weighted by atomic mass is 32.2. The summed E-state index contributed by atoms with van der Waals surface area (Å²) < 4.78 is 4.91. The molecular formula is C22H23N3O6S. The van der Waals surface area contributed by atoms with Crippen LogP contribution in [0.15, 0.2) is 36.4 Å². The lowest BCUT2D eigenvalue weighted by Crippen LogP contribution is -2.44. The number of carbonyl (C=O) groups excluding carboxylic acids is 3. The van der Waals surface area contributed by atoms with Gasteiger partial charge in [0.2, 0.25) is 5.91 Å². The number of nitrogens with one attached hydrogen (secondary N) is 1. The first-order valence-electron chi connectivity index (χ1n) is 9.94. The van der Waals surface area contributed by atoms with Crippen molar-refractivity contribution in [3.8, 4) is 0 Å². The van der Waals surface area contributed by atoms with E-state index >= 15 is 0 Å².